The lowest BCUT2D eigenvalue weighted by molar-refractivity contribution is -0.122. The number of ether oxygens (including phenoxy) is 2. The summed E-state index contributed by atoms with van der Waals surface area (Å²) in [7, 11) is 0. The van der Waals surface area contributed by atoms with Crippen molar-refractivity contribution in [3.63, 3.8) is 0 Å². The number of nitrogens with one attached hydrogen (secondary N) is 1. The third-order valence-electron chi connectivity index (χ3n) is 4.33. The number of rotatable bonds is 8. The summed E-state index contributed by atoms with van der Waals surface area (Å²) in [5, 5.41) is 16.1. The van der Waals surface area contributed by atoms with Gasteiger partial charge in [-0.25, -0.2) is 0 Å². The largest absolute Gasteiger partial charge is 0.494 e. The van der Waals surface area contributed by atoms with Crippen LogP contribution in [0.3, 0.4) is 0 Å². The van der Waals surface area contributed by atoms with Crippen LogP contribution < -0.4 is 14.8 Å². The topological polar surface area (TPSA) is 90.6 Å². The highest BCUT2D eigenvalue weighted by molar-refractivity contribution is 7.20. The van der Waals surface area contributed by atoms with Crippen LogP contribution >= 0.6 is 11.3 Å². The Morgan fingerprint density at radius 3 is 2.53 bits per heavy atom. The van der Waals surface area contributed by atoms with Crippen molar-refractivity contribution in [3.8, 4) is 22.9 Å². The van der Waals surface area contributed by atoms with E-state index in [1.54, 1.807) is 4.52 Å². The Hall–Kier alpha value is -3.46. The second-order valence-corrected chi connectivity index (χ2v) is 7.36. The number of para-hydroxylation sites is 1. The lowest BCUT2D eigenvalue weighted by Crippen LogP contribution is -2.32. The maximum Gasteiger partial charge on any atom is 0.267 e. The minimum atomic E-state index is -0.618. The minimum Gasteiger partial charge on any atom is -0.494 e. The predicted octanol–water partition coefficient (Wildman–Crippen LogP) is 4.05. The average molecular weight is 423 g/mol. The Balaban J connectivity index is 1.50. The van der Waals surface area contributed by atoms with Crippen LogP contribution in [-0.4, -0.2) is 38.4 Å². The van der Waals surface area contributed by atoms with E-state index in [2.05, 4.69) is 20.6 Å². The maximum absolute atomic E-state index is 12.7. The average Bonchev–Trinajstić information content (AvgIpc) is 3.34. The Labute approximate surface area is 177 Å². The molecule has 0 aliphatic carbocycles. The molecule has 0 radical (unpaired) electrons. The molecule has 0 aliphatic heterocycles. The van der Waals surface area contributed by atoms with E-state index in [1.165, 1.54) is 11.3 Å². The van der Waals surface area contributed by atoms with Gasteiger partial charge in [0, 0.05) is 5.56 Å². The molecule has 2 heterocycles. The number of carbonyl (C=O) groups excluding carboxylic acids is 1. The lowest BCUT2D eigenvalue weighted by Gasteiger charge is -2.16. The van der Waals surface area contributed by atoms with Gasteiger partial charge >= 0.3 is 0 Å². The fraction of sp³-hybridized carbons (Fsp3) is 0.238. The van der Waals surface area contributed by atoms with Crippen LogP contribution in [0.15, 0.2) is 54.6 Å². The third kappa shape index (κ3) is 4.25. The molecule has 0 saturated heterocycles. The van der Waals surface area contributed by atoms with Crippen molar-refractivity contribution in [2.45, 2.75) is 26.4 Å². The molecular formula is C21H21N5O3S. The summed E-state index contributed by atoms with van der Waals surface area (Å²) in [6.07, 6.45) is -0.0882. The van der Waals surface area contributed by atoms with Crippen molar-refractivity contribution < 1.29 is 14.3 Å². The third-order valence-corrected chi connectivity index (χ3v) is 5.14. The quantitative estimate of drug-likeness (QED) is 0.460. The molecule has 1 N–H and O–H groups in total. The van der Waals surface area contributed by atoms with E-state index in [4.69, 9.17) is 9.47 Å². The van der Waals surface area contributed by atoms with Crippen molar-refractivity contribution in [3.05, 3.63) is 54.6 Å². The van der Waals surface area contributed by atoms with Crippen LogP contribution in [0.4, 0.5) is 5.13 Å². The molecule has 4 aromatic rings. The zero-order valence-corrected chi connectivity index (χ0v) is 17.4. The van der Waals surface area contributed by atoms with Gasteiger partial charge in [0.25, 0.3) is 5.91 Å². The first kappa shape index (κ1) is 19.8. The van der Waals surface area contributed by atoms with Crippen molar-refractivity contribution in [1.29, 1.82) is 0 Å². The molecule has 0 spiro atoms. The van der Waals surface area contributed by atoms with Gasteiger partial charge in [-0.15, -0.1) is 15.3 Å². The summed E-state index contributed by atoms with van der Waals surface area (Å²) in [5.41, 5.74) is 0.855. The summed E-state index contributed by atoms with van der Waals surface area (Å²) in [5.74, 6) is 1.78. The molecule has 0 saturated carbocycles. The number of hydrogen-bond acceptors (Lipinski definition) is 7. The predicted molar refractivity (Wildman–Crippen MR) is 115 cm³/mol. The molecule has 154 valence electrons. The van der Waals surface area contributed by atoms with Gasteiger partial charge in [-0.1, -0.05) is 36.5 Å². The van der Waals surface area contributed by atoms with Gasteiger partial charge in [0.2, 0.25) is 10.1 Å². The Kier molecular flexibility index (Phi) is 5.89. The van der Waals surface area contributed by atoms with Crippen LogP contribution in [0, 0.1) is 0 Å². The normalized spacial score (nSPS) is 11.9. The number of anilines is 1. The van der Waals surface area contributed by atoms with Crippen LogP contribution in [-0.2, 0) is 4.79 Å². The molecular weight excluding hydrogens is 402 g/mol. The number of aromatic nitrogens is 4. The molecule has 0 fully saturated rings. The zero-order valence-electron chi connectivity index (χ0n) is 16.6. The standard InChI is InChI=1S/C21H21N5O3S/c1-3-17(29-16-8-6-5-7-9-16)19(27)22-20-25-26-18(23-24-21(26)30-20)14-10-12-15(13-11-14)28-4-2/h5-13,17H,3-4H2,1-2H3,(H,22,25,27). The van der Waals surface area contributed by atoms with Gasteiger partial charge < -0.3 is 9.47 Å². The van der Waals surface area contributed by atoms with E-state index >= 15 is 0 Å². The first-order chi connectivity index (χ1) is 14.7. The second-order valence-electron chi connectivity index (χ2n) is 6.40. The first-order valence-electron chi connectivity index (χ1n) is 9.66. The molecule has 0 aliphatic rings. The fourth-order valence-corrected chi connectivity index (χ4v) is 3.63. The first-order valence-corrected chi connectivity index (χ1v) is 10.5. The van der Waals surface area contributed by atoms with E-state index in [1.807, 2.05) is 68.4 Å². The SMILES string of the molecule is CCOc1ccc(-c2nnc3sc(NC(=O)C(CC)Oc4ccccc4)nn23)cc1. The highest BCUT2D eigenvalue weighted by atomic mass is 32.1. The van der Waals surface area contributed by atoms with Crippen LogP contribution in [0.2, 0.25) is 0 Å². The van der Waals surface area contributed by atoms with Crippen molar-refractivity contribution in [2.24, 2.45) is 0 Å². The van der Waals surface area contributed by atoms with E-state index in [0.29, 0.717) is 34.7 Å². The summed E-state index contributed by atoms with van der Waals surface area (Å²) >= 11 is 1.25. The van der Waals surface area contributed by atoms with Gasteiger partial charge in [0.1, 0.15) is 11.5 Å². The maximum atomic E-state index is 12.7. The zero-order chi connectivity index (χ0) is 20.9. The van der Waals surface area contributed by atoms with Gasteiger partial charge in [-0.05, 0) is 49.7 Å². The summed E-state index contributed by atoms with van der Waals surface area (Å²) in [6, 6.07) is 16.8. The molecule has 2 aromatic heterocycles. The second kappa shape index (κ2) is 8.91. The molecule has 1 unspecified atom stereocenters. The number of benzene rings is 2. The Morgan fingerprint density at radius 1 is 1.07 bits per heavy atom. The molecule has 8 nitrogen and oxygen atoms in total. The monoisotopic (exact) mass is 423 g/mol. The van der Waals surface area contributed by atoms with Crippen molar-refractivity contribution in [2.75, 3.05) is 11.9 Å². The highest BCUT2D eigenvalue weighted by Gasteiger charge is 2.21. The molecule has 2 aromatic carbocycles. The number of nitrogens with zero attached hydrogens (tertiary/aromatic N) is 4. The lowest BCUT2D eigenvalue weighted by atomic mass is 10.2. The van der Waals surface area contributed by atoms with Crippen LogP contribution in [0.5, 0.6) is 11.5 Å². The molecule has 9 heteroatoms. The van der Waals surface area contributed by atoms with E-state index in [-0.39, 0.29) is 5.91 Å². The van der Waals surface area contributed by atoms with E-state index in [0.717, 1.165) is 11.3 Å². The molecule has 4 rings (SSSR count). The van der Waals surface area contributed by atoms with E-state index in [9.17, 15) is 4.79 Å². The fourth-order valence-electron chi connectivity index (χ4n) is 2.89. The number of amides is 1. The van der Waals surface area contributed by atoms with Gasteiger partial charge in [0.15, 0.2) is 11.9 Å². The molecule has 0 bridgehead atoms. The van der Waals surface area contributed by atoms with Gasteiger partial charge in [0.05, 0.1) is 6.61 Å². The van der Waals surface area contributed by atoms with Crippen LogP contribution in [0.25, 0.3) is 16.3 Å². The molecule has 30 heavy (non-hydrogen) atoms. The number of hydrogen-bond donors (Lipinski definition) is 1. The van der Waals surface area contributed by atoms with Gasteiger partial charge in [-0.2, -0.15) is 4.52 Å². The molecule has 1 amide bonds. The van der Waals surface area contributed by atoms with Gasteiger partial charge in [-0.3, -0.25) is 10.1 Å². The van der Waals surface area contributed by atoms with Crippen LogP contribution in [0.1, 0.15) is 20.3 Å². The smallest absolute Gasteiger partial charge is 0.267 e. The summed E-state index contributed by atoms with van der Waals surface area (Å²) in [4.78, 5) is 13.3. The Morgan fingerprint density at radius 2 is 1.83 bits per heavy atom. The van der Waals surface area contributed by atoms with Crippen molar-refractivity contribution >= 4 is 27.3 Å². The van der Waals surface area contributed by atoms with Crippen molar-refractivity contribution in [1.82, 2.24) is 19.8 Å². The summed E-state index contributed by atoms with van der Waals surface area (Å²) in [6.45, 7) is 4.45. The minimum absolute atomic E-state index is 0.256. The number of fused-ring (bicyclic) bond motifs is 1. The molecule has 1 atom stereocenters. The summed E-state index contributed by atoms with van der Waals surface area (Å²) < 4.78 is 12.9. The van der Waals surface area contributed by atoms with E-state index < -0.39 is 6.10 Å². The Bertz CT molecular complexity index is 1120. The number of carbonyl (C=O) groups is 1. The highest BCUT2D eigenvalue weighted by Crippen LogP contribution is 2.26.